The number of alkyl halides is 3. The van der Waals surface area contributed by atoms with Gasteiger partial charge < -0.3 is 24.1 Å². The van der Waals surface area contributed by atoms with Crippen molar-refractivity contribution in [3.63, 3.8) is 0 Å². The third-order valence-corrected chi connectivity index (χ3v) is 5.90. The van der Waals surface area contributed by atoms with Crippen molar-refractivity contribution in [1.29, 1.82) is 0 Å². The van der Waals surface area contributed by atoms with Gasteiger partial charge in [-0.3, -0.25) is 0 Å². The largest absolute Gasteiger partial charge is 0.573 e. The molecule has 0 aliphatic rings. The molecule has 0 spiro atoms. The highest BCUT2D eigenvalue weighted by Gasteiger charge is 2.32. The summed E-state index contributed by atoms with van der Waals surface area (Å²) in [7, 11) is 1.77. The van der Waals surface area contributed by atoms with Crippen molar-refractivity contribution in [2.24, 2.45) is 12.0 Å². The van der Waals surface area contributed by atoms with Gasteiger partial charge in [0.25, 0.3) is 0 Å². The Bertz CT molecular complexity index is 1450. The third kappa shape index (κ3) is 5.48. The van der Waals surface area contributed by atoms with E-state index in [1.807, 2.05) is 28.8 Å². The van der Waals surface area contributed by atoms with E-state index in [2.05, 4.69) is 9.73 Å². The maximum Gasteiger partial charge on any atom is 0.573 e. The Morgan fingerprint density at radius 3 is 2.23 bits per heavy atom. The Morgan fingerprint density at radius 2 is 1.63 bits per heavy atom. The molecule has 1 aromatic heterocycles. The van der Waals surface area contributed by atoms with Crippen molar-refractivity contribution in [3.05, 3.63) is 87.0 Å². The number of fused-ring (bicyclic) bond motifs is 1. The lowest BCUT2D eigenvalue weighted by Crippen LogP contribution is -2.24. The number of aryl methyl sites for hydroxylation is 1. The molecule has 0 saturated heterocycles. The number of ether oxygens (including phenoxy) is 1. The van der Waals surface area contributed by atoms with Gasteiger partial charge in [-0.2, -0.15) is 0 Å². The minimum atomic E-state index is -4.87. The number of aromatic nitrogens is 2. The van der Waals surface area contributed by atoms with Crippen LogP contribution >= 0.6 is 23.2 Å². The molecule has 3 aromatic carbocycles. The van der Waals surface area contributed by atoms with Crippen LogP contribution in [-0.2, 0) is 26.8 Å². The zero-order valence-corrected chi connectivity index (χ0v) is 19.9. The number of benzene rings is 3. The summed E-state index contributed by atoms with van der Waals surface area (Å²) in [6.07, 6.45) is -4.87. The molecule has 0 radical (unpaired) electrons. The minimum Gasteiger partial charge on any atom is -0.404 e. The van der Waals surface area contributed by atoms with E-state index >= 15 is 0 Å². The van der Waals surface area contributed by atoms with Gasteiger partial charge in [-0.05, 0) is 41.5 Å². The standard InChI is InChI=1S/C24H20Cl2F3N3O3/c1-31-22-16(13-34)8-17(25)9-20(22)32(11-14-2-4-15(12-33)5-3-14)23(31)30-18-6-7-21(19(26)10-18)35-24(27,28)29/h2-10,33-34H,11-13H2,1H3/b30-23-. The molecule has 4 rings (SSSR count). The van der Waals surface area contributed by atoms with Crippen molar-refractivity contribution in [3.8, 4) is 5.75 Å². The summed E-state index contributed by atoms with van der Waals surface area (Å²) in [5.41, 5.74) is 4.42. The third-order valence-electron chi connectivity index (χ3n) is 5.39. The quantitative estimate of drug-likeness (QED) is 0.351. The number of nitrogens with zero attached hydrogens (tertiary/aromatic N) is 3. The van der Waals surface area contributed by atoms with Gasteiger partial charge in [-0.25, -0.2) is 4.99 Å². The van der Waals surface area contributed by atoms with E-state index in [9.17, 15) is 23.4 Å². The SMILES string of the molecule is Cn1/c(=N/c2ccc(OC(F)(F)F)c(Cl)c2)n(Cc2ccc(CO)cc2)c2cc(Cl)cc(CO)c21. The molecule has 0 amide bonds. The van der Waals surface area contributed by atoms with Gasteiger partial charge in [0, 0.05) is 17.6 Å². The zero-order chi connectivity index (χ0) is 25.3. The lowest BCUT2D eigenvalue weighted by Gasteiger charge is -2.10. The van der Waals surface area contributed by atoms with Gasteiger partial charge in [0.15, 0.2) is 0 Å². The molecule has 0 saturated carbocycles. The number of hydrogen-bond donors (Lipinski definition) is 2. The van der Waals surface area contributed by atoms with Crippen molar-refractivity contribution in [2.45, 2.75) is 26.1 Å². The van der Waals surface area contributed by atoms with Gasteiger partial charge in [0.2, 0.25) is 5.62 Å². The molecule has 0 aliphatic carbocycles. The van der Waals surface area contributed by atoms with E-state index in [4.69, 9.17) is 23.2 Å². The number of aliphatic hydroxyl groups is 2. The summed E-state index contributed by atoms with van der Waals surface area (Å²) in [5.74, 6) is -0.527. The van der Waals surface area contributed by atoms with Gasteiger partial charge in [-0.15, -0.1) is 13.2 Å². The lowest BCUT2D eigenvalue weighted by molar-refractivity contribution is -0.274. The molecule has 11 heteroatoms. The Hall–Kier alpha value is -2.98. The summed E-state index contributed by atoms with van der Waals surface area (Å²) < 4.78 is 45.4. The van der Waals surface area contributed by atoms with Crippen LogP contribution in [0.15, 0.2) is 59.6 Å². The van der Waals surface area contributed by atoms with E-state index in [1.54, 1.807) is 23.7 Å². The Morgan fingerprint density at radius 1 is 0.943 bits per heavy atom. The first-order chi connectivity index (χ1) is 16.6. The second-order valence-electron chi connectivity index (χ2n) is 7.78. The molecule has 0 atom stereocenters. The minimum absolute atomic E-state index is 0.0768. The first-order valence-corrected chi connectivity index (χ1v) is 11.1. The van der Waals surface area contributed by atoms with Gasteiger partial charge in [0.1, 0.15) is 5.75 Å². The first kappa shape index (κ1) is 25.1. The topological polar surface area (TPSA) is 71.9 Å². The average molecular weight is 526 g/mol. The predicted octanol–water partition coefficient (Wildman–Crippen LogP) is 5.45. The van der Waals surface area contributed by atoms with E-state index < -0.39 is 12.1 Å². The van der Waals surface area contributed by atoms with Crippen LogP contribution in [0.3, 0.4) is 0 Å². The molecule has 184 valence electrons. The fourth-order valence-electron chi connectivity index (χ4n) is 3.85. The maximum atomic E-state index is 12.6. The molecule has 0 fully saturated rings. The van der Waals surface area contributed by atoms with Crippen LogP contribution in [-0.4, -0.2) is 25.7 Å². The fourth-order valence-corrected chi connectivity index (χ4v) is 4.30. The monoisotopic (exact) mass is 525 g/mol. The van der Waals surface area contributed by atoms with Crippen molar-refractivity contribution in [1.82, 2.24) is 9.13 Å². The summed E-state index contributed by atoms with van der Waals surface area (Å²) in [6.45, 7) is 0.0392. The fraction of sp³-hybridized carbons (Fsp3) is 0.208. The van der Waals surface area contributed by atoms with Crippen LogP contribution in [0.5, 0.6) is 5.75 Å². The summed E-state index contributed by atoms with van der Waals surface area (Å²) in [4.78, 5) is 4.65. The van der Waals surface area contributed by atoms with Crippen LogP contribution in [0, 0.1) is 0 Å². The molecule has 2 N–H and O–H groups in total. The average Bonchev–Trinajstić information content (AvgIpc) is 3.05. The highest BCUT2D eigenvalue weighted by molar-refractivity contribution is 6.32. The van der Waals surface area contributed by atoms with Crippen LogP contribution < -0.4 is 10.4 Å². The van der Waals surface area contributed by atoms with Crippen LogP contribution in [0.1, 0.15) is 16.7 Å². The number of hydrogen-bond acceptors (Lipinski definition) is 4. The maximum absolute atomic E-state index is 12.6. The normalized spacial score (nSPS) is 12.5. The first-order valence-electron chi connectivity index (χ1n) is 10.4. The number of imidazole rings is 1. The van der Waals surface area contributed by atoms with Crippen LogP contribution in [0.4, 0.5) is 18.9 Å². The number of rotatable bonds is 6. The van der Waals surface area contributed by atoms with Gasteiger partial charge >= 0.3 is 6.36 Å². The summed E-state index contributed by atoms with van der Waals surface area (Å²) in [5, 5.41) is 19.4. The van der Waals surface area contributed by atoms with Crippen molar-refractivity contribution >= 4 is 39.9 Å². The second kappa shape index (κ2) is 9.94. The summed E-state index contributed by atoms with van der Waals surface area (Å²) in [6, 6.07) is 14.5. The summed E-state index contributed by atoms with van der Waals surface area (Å²) >= 11 is 12.3. The number of aliphatic hydroxyl groups excluding tert-OH is 2. The van der Waals surface area contributed by atoms with E-state index in [1.165, 1.54) is 12.1 Å². The highest BCUT2D eigenvalue weighted by Crippen LogP contribution is 2.33. The Labute approximate surface area is 208 Å². The Balaban J connectivity index is 1.90. The number of halogens is 5. The molecule has 35 heavy (non-hydrogen) atoms. The van der Waals surface area contributed by atoms with E-state index in [0.717, 1.165) is 17.2 Å². The van der Waals surface area contributed by atoms with E-state index in [0.29, 0.717) is 39.5 Å². The molecule has 4 aromatic rings. The Kier molecular flexibility index (Phi) is 7.14. The molecule has 6 nitrogen and oxygen atoms in total. The smallest absolute Gasteiger partial charge is 0.404 e. The molecule has 1 heterocycles. The second-order valence-corrected chi connectivity index (χ2v) is 8.63. The molecule has 0 unspecified atom stereocenters. The molecular formula is C24H20Cl2F3N3O3. The van der Waals surface area contributed by atoms with Crippen LogP contribution in [0.25, 0.3) is 11.0 Å². The predicted molar refractivity (Wildman–Crippen MR) is 127 cm³/mol. The van der Waals surface area contributed by atoms with E-state index in [-0.39, 0.29) is 18.2 Å². The molecule has 0 bridgehead atoms. The lowest BCUT2D eigenvalue weighted by atomic mass is 10.1. The van der Waals surface area contributed by atoms with Gasteiger partial charge in [-0.1, -0.05) is 47.5 Å². The van der Waals surface area contributed by atoms with Crippen LogP contribution in [0.2, 0.25) is 10.0 Å². The van der Waals surface area contributed by atoms with Crippen molar-refractivity contribution in [2.75, 3.05) is 0 Å². The molecular weight excluding hydrogens is 506 g/mol. The highest BCUT2D eigenvalue weighted by atomic mass is 35.5. The molecule has 0 aliphatic heterocycles. The van der Waals surface area contributed by atoms with Gasteiger partial charge in [0.05, 0.1) is 41.5 Å². The zero-order valence-electron chi connectivity index (χ0n) is 18.4. The van der Waals surface area contributed by atoms with Crippen molar-refractivity contribution < 1.29 is 28.1 Å².